The molecular formula is C15H20N2O3. The highest BCUT2D eigenvalue weighted by Crippen LogP contribution is 2.41. The number of allylic oxidation sites excluding steroid dienone is 5. The summed E-state index contributed by atoms with van der Waals surface area (Å²) in [6.07, 6.45) is 7.88. The molecule has 5 heteroatoms. The fourth-order valence-corrected chi connectivity index (χ4v) is 2.39. The molecule has 2 rings (SSSR count). The van der Waals surface area contributed by atoms with E-state index in [4.69, 9.17) is 9.52 Å². The summed E-state index contributed by atoms with van der Waals surface area (Å²) in [4.78, 5) is 11.6. The average Bonchev–Trinajstić information content (AvgIpc) is 2.72. The molecule has 0 unspecified atom stereocenters. The predicted octanol–water partition coefficient (Wildman–Crippen LogP) is 2.36. The second-order valence-electron chi connectivity index (χ2n) is 5.15. The van der Waals surface area contributed by atoms with Crippen LogP contribution >= 0.6 is 0 Å². The van der Waals surface area contributed by atoms with Crippen LogP contribution < -0.4 is 5.76 Å². The minimum absolute atomic E-state index is 0.0599. The van der Waals surface area contributed by atoms with Gasteiger partial charge >= 0.3 is 5.76 Å². The molecule has 1 fully saturated rings. The lowest BCUT2D eigenvalue weighted by Gasteiger charge is -2.35. The maximum Gasteiger partial charge on any atom is 0.437 e. The van der Waals surface area contributed by atoms with Crippen LogP contribution in [0.2, 0.25) is 0 Å². The maximum absolute atomic E-state index is 11.6. The third kappa shape index (κ3) is 2.99. The van der Waals surface area contributed by atoms with E-state index in [0.29, 0.717) is 5.92 Å². The largest absolute Gasteiger partial charge is 0.437 e. The van der Waals surface area contributed by atoms with Crippen LogP contribution in [-0.4, -0.2) is 14.9 Å². The number of rotatable bonds is 5. The molecule has 1 aliphatic rings. The van der Waals surface area contributed by atoms with Gasteiger partial charge in [-0.2, -0.15) is 4.68 Å². The molecule has 108 valence electrons. The molecule has 0 atom stereocenters. The summed E-state index contributed by atoms with van der Waals surface area (Å²) in [7, 11) is 0. The predicted molar refractivity (Wildman–Crippen MR) is 76.2 cm³/mol. The van der Waals surface area contributed by atoms with Crippen LogP contribution in [0.4, 0.5) is 0 Å². The van der Waals surface area contributed by atoms with Crippen molar-refractivity contribution in [2.24, 2.45) is 5.92 Å². The van der Waals surface area contributed by atoms with E-state index in [2.05, 4.69) is 23.8 Å². The van der Waals surface area contributed by atoms with Crippen LogP contribution in [0.3, 0.4) is 0 Å². The minimum atomic E-state index is -0.489. The van der Waals surface area contributed by atoms with Crippen molar-refractivity contribution in [3.8, 4) is 0 Å². The molecule has 0 aliphatic heterocycles. The molecule has 1 aliphatic carbocycles. The van der Waals surface area contributed by atoms with Crippen molar-refractivity contribution in [1.82, 2.24) is 9.78 Å². The van der Waals surface area contributed by atoms with Crippen molar-refractivity contribution in [1.29, 1.82) is 0 Å². The lowest BCUT2D eigenvalue weighted by Crippen LogP contribution is -2.33. The summed E-state index contributed by atoms with van der Waals surface area (Å²) in [5.74, 6) is 0.0191. The Bertz CT molecular complexity index is 601. The Morgan fingerprint density at radius 1 is 1.55 bits per heavy atom. The van der Waals surface area contributed by atoms with Gasteiger partial charge in [-0.1, -0.05) is 30.4 Å². The quantitative estimate of drug-likeness (QED) is 0.838. The highest BCUT2D eigenvalue weighted by atomic mass is 16.4. The number of aromatic nitrogens is 2. The number of aliphatic hydroxyl groups is 1. The van der Waals surface area contributed by atoms with Gasteiger partial charge in [-0.05, 0) is 38.2 Å². The zero-order chi connectivity index (χ0) is 14.7. The van der Waals surface area contributed by atoms with Crippen LogP contribution in [0, 0.1) is 5.92 Å². The first-order valence-corrected chi connectivity index (χ1v) is 6.74. The highest BCUT2D eigenvalue weighted by Gasteiger charge is 2.34. The van der Waals surface area contributed by atoms with Gasteiger partial charge in [0.15, 0.2) is 0 Å². The number of nitrogens with zero attached hydrogens (tertiary/aromatic N) is 2. The van der Waals surface area contributed by atoms with Gasteiger partial charge in [-0.3, -0.25) is 0 Å². The summed E-state index contributed by atoms with van der Waals surface area (Å²) in [6.45, 7) is 7.47. The van der Waals surface area contributed by atoms with Gasteiger partial charge in [0.1, 0.15) is 6.61 Å². The zero-order valence-corrected chi connectivity index (χ0v) is 11.9. The van der Waals surface area contributed by atoms with Gasteiger partial charge in [0.2, 0.25) is 5.89 Å². The first-order valence-electron chi connectivity index (χ1n) is 6.74. The van der Waals surface area contributed by atoms with E-state index in [-0.39, 0.29) is 18.5 Å². The molecule has 5 nitrogen and oxygen atoms in total. The van der Waals surface area contributed by atoms with Gasteiger partial charge in [0.25, 0.3) is 0 Å². The van der Waals surface area contributed by atoms with E-state index in [1.54, 1.807) is 0 Å². The number of hydrogen-bond acceptors (Lipinski definition) is 4. The smallest absolute Gasteiger partial charge is 0.390 e. The molecule has 0 bridgehead atoms. The first kappa shape index (κ1) is 14.5. The second-order valence-corrected chi connectivity index (χ2v) is 5.15. The molecule has 1 N–H and O–H groups in total. The third-order valence-electron chi connectivity index (χ3n) is 3.57. The van der Waals surface area contributed by atoms with Crippen LogP contribution in [-0.2, 0) is 6.61 Å². The summed E-state index contributed by atoms with van der Waals surface area (Å²) < 4.78 is 6.17. The lowest BCUT2D eigenvalue weighted by atomic mass is 9.75. The van der Waals surface area contributed by atoms with E-state index in [1.165, 1.54) is 10.3 Å². The van der Waals surface area contributed by atoms with Crippen LogP contribution in [0.1, 0.15) is 38.6 Å². The van der Waals surface area contributed by atoms with Gasteiger partial charge in [-0.15, -0.1) is 5.10 Å². The van der Waals surface area contributed by atoms with Gasteiger partial charge in [0.05, 0.1) is 6.04 Å². The fourth-order valence-electron chi connectivity index (χ4n) is 2.39. The molecule has 1 aromatic rings. The van der Waals surface area contributed by atoms with Crippen LogP contribution in [0.25, 0.3) is 0 Å². The standard InChI is InChI=1S/C15H20N2O3/c1-4-11(6-5-10(2)3)12-7-13(8-12)17-15(19)20-14(9-18)16-17/h4-6,12-13,18H,2,7-9H2,1,3H3/b6-5-,11-4+. The second kappa shape index (κ2) is 6.05. The number of aliphatic hydroxyl groups excluding tert-OH is 1. The molecule has 1 aromatic heterocycles. The van der Waals surface area contributed by atoms with Gasteiger partial charge in [0, 0.05) is 0 Å². The summed E-state index contributed by atoms with van der Waals surface area (Å²) in [6, 6.07) is 0.0599. The lowest BCUT2D eigenvalue weighted by molar-refractivity contribution is 0.206. The number of hydrogen-bond donors (Lipinski definition) is 1. The van der Waals surface area contributed by atoms with E-state index < -0.39 is 5.76 Å². The van der Waals surface area contributed by atoms with Gasteiger partial charge < -0.3 is 9.52 Å². The van der Waals surface area contributed by atoms with Crippen molar-refractivity contribution in [3.63, 3.8) is 0 Å². The Hall–Kier alpha value is -1.88. The normalized spacial score (nSPS) is 23.1. The topological polar surface area (TPSA) is 68.3 Å². The molecule has 0 amide bonds. The van der Waals surface area contributed by atoms with Crippen LogP contribution in [0.5, 0.6) is 0 Å². The van der Waals surface area contributed by atoms with Crippen molar-refractivity contribution in [2.75, 3.05) is 0 Å². The Kier molecular flexibility index (Phi) is 4.39. The minimum Gasteiger partial charge on any atom is -0.390 e. The first-order chi connectivity index (χ1) is 9.55. The molecule has 1 saturated carbocycles. The summed E-state index contributed by atoms with van der Waals surface area (Å²) in [5, 5.41) is 12.9. The Labute approximate surface area is 117 Å². The fraction of sp³-hybridized carbons (Fsp3) is 0.467. The van der Waals surface area contributed by atoms with Crippen molar-refractivity contribution in [3.05, 3.63) is 52.4 Å². The summed E-state index contributed by atoms with van der Waals surface area (Å²) in [5.41, 5.74) is 2.27. The van der Waals surface area contributed by atoms with E-state index in [1.807, 2.05) is 19.9 Å². The third-order valence-corrected chi connectivity index (χ3v) is 3.57. The molecular weight excluding hydrogens is 256 g/mol. The molecule has 20 heavy (non-hydrogen) atoms. The van der Waals surface area contributed by atoms with E-state index in [9.17, 15) is 4.79 Å². The Morgan fingerprint density at radius 3 is 2.75 bits per heavy atom. The van der Waals surface area contributed by atoms with Crippen molar-refractivity contribution in [2.45, 2.75) is 39.3 Å². The zero-order valence-electron chi connectivity index (χ0n) is 11.9. The van der Waals surface area contributed by atoms with E-state index >= 15 is 0 Å². The monoisotopic (exact) mass is 276 g/mol. The van der Waals surface area contributed by atoms with E-state index in [0.717, 1.165) is 18.4 Å². The molecule has 0 spiro atoms. The van der Waals surface area contributed by atoms with Crippen LogP contribution in [0.15, 0.2) is 45.2 Å². The molecule has 0 aromatic carbocycles. The molecule has 0 saturated heterocycles. The highest BCUT2D eigenvalue weighted by molar-refractivity contribution is 5.28. The Balaban J connectivity index is 2.01. The maximum atomic E-state index is 11.6. The van der Waals surface area contributed by atoms with Crippen molar-refractivity contribution >= 4 is 0 Å². The summed E-state index contributed by atoms with van der Waals surface area (Å²) >= 11 is 0. The molecule has 0 radical (unpaired) electrons. The average molecular weight is 276 g/mol. The molecule has 1 heterocycles. The van der Waals surface area contributed by atoms with Gasteiger partial charge in [-0.25, -0.2) is 4.79 Å². The van der Waals surface area contributed by atoms with Crippen molar-refractivity contribution < 1.29 is 9.52 Å². The Morgan fingerprint density at radius 2 is 2.25 bits per heavy atom. The SMILES string of the molecule is C=C(C)/C=C\C(=C/C)C1CC(n2nc(CO)oc2=O)C1.